The van der Waals surface area contributed by atoms with Crippen LogP contribution in [0.1, 0.15) is 12.0 Å². The van der Waals surface area contributed by atoms with Crippen molar-refractivity contribution < 1.29 is 49.4 Å². The molecule has 3 aromatic rings. The molecule has 1 fully saturated rings. The smallest absolute Gasteiger partial charge is 0.416 e. The number of rotatable bonds is 8. The van der Waals surface area contributed by atoms with Crippen molar-refractivity contribution in [3.63, 3.8) is 0 Å². The molecule has 43 heavy (non-hydrogen) atoms. The van der Waals surface area contributed by atoms with Crippen LogP contribution in [-0.4, -0.2) is 69.8 Å². The Morgan fingerprint density at radius 1 is 0.977 bits per heavy atom. The molecule has 1 N–H and O–H groups in total. The fourth-order valence-corrected chi connectivity index (χ4v) is 6.93. The van der Waals surface area contributed by atoms with E-state index in [9.17, 15) is 39.6 Å². The van der Waals surface area contributed by atoms with E-state index in [0.717, 1.165) is 40.7 Å². The Morgan fingerprint density at radius 3 is 2.44 bits per heavy atom. The van der Waals surface area contributed by atoms with E-state index < -0.39 is 56.8 Å². The van der Waals surface area contributed by atoms with Crippen LogP contribution in [-0.2, 0) is 21.0 Å². The number of carbonyl (C=O) groups is 1. The second-order valence-corrected chi connectivity index (χ2v) is 12.0. The van der Waals surface area contributed by atoms with Gasteiger partial charge in [-0.25, -0.2) is 12.8 Å². The lowest BCUT2D eigenvalue weighted by Crippen LogP contribution is -2.60. The third-order valence-corrected chi connectivity index (χ3v) is 9.09. The van der Waals surface area contributed by atoms with E-state index in [1.165, 1.54) is 6.07 Å². The molecular formula is C28H25F6N3O5S. The topological polar surface area (TPSA) is 90.4 Å². The Bertz CT molecular complexity index is 1640. The van der Waals surface area contributed by atoms with Gasteiger partial charge in [0.2, 0.25) is 0 Å². The van der Waals surface area contributed by atoms with Crippen molar-refractivity contribution >= 4 is 27.4 Å². The molecule has 0 unspecified atom stereocenters. The van der Waals surface area contributed by atoms with Crippen LogP contribution in [0.2, 0.25) is 0 Å². The quantitative estimate of drug-likeness (QED) is 0.339. The lowest BCUT2D eigenvalue weighted by Gasteiger charge is -2.49. The Labute approximate surface area is 242 Å². The lowest BCUT2D eigenvalue weighted by atomic mass is 10.00. The zero-order chi connectivity index (χ0) is 31.1. The highest BCUT2D eigenvalue weighted by atomic mass is 32.2. The van der Waals surface area contributed by atoms with Crippen LogP contribution in [0.4, 0.5) is 37.7 Å². The monoisotopic (exact) mass is 629 g/mol. The highest BCUT2D eigenvalue weighted by Gasteiger charge is 2.41. The number of fused-ring (bicyclic) bond motifs is 3. The van der Waals surface area contributed by atoms with Crippen LogP contribution in [0.5, 0.6) is 5.75 Å². The number of carboxylic acids is 1. The molecule has 15 heteroatoms. The summed E-state index contributed by atoms with van der Waals surface area (Å²) in [7, 11) is -4.59. The number of halogens is 6. The van der Waals surface area contributed by atoms with Crippen LogP contribution in [0, 0.1) is 5.82 Å². The summed E-state index contributed by atoms with van der Waals surface area (Å²) in [5.41, 5.74) is -0.250. The average molecular weight is 630 g/mol. The first kappa shape index (κ1) is 30.5. The van der Waals surface area contributed by atoms with E-state index in [0.29, 0.717) is 31.4 Å². The first-order valence-electron chi connectivity index (χ1n) is 13.0. The van der Waals surface area contributed by atoms with Gasteiger partial charge in [0.25, 0.3) is 10.0 Å². The lowest BCUT2D eigenvalue weighted by molar-refractivity contribution is -0.138. The SMILES string of the molecule is O=C(O)CCN1CCN2c3ccc(-c4cc(F)cc(OC(F)F)c4)cc3N(S(=O)(=O)c3cccc(C(F)(F)F)c3)C[C@H]2C1. The summed E-state index contributed by atoms with van der Waals surface area (Å²) in [6.07, 6.45) is -4.91. The number of piperazine rings is 1. The maximum absolute atomic E-state index is 14.3. The molecule has 230 valence electrons. The van der Waals surface area contributed by atoms with Crippen LogP contribution < -0.4 is 13.9 Å². The molecule has 3 aromatic carbocycles. The van der Waals surface area contributed by atoms with Crippen LogP contribution in [0.3, 0.4) is 0 Å². The van der Waals surface area contributed by atoms with E-state index in [-0.39, 0.29) is 36.3 Å². The molecule has 0 aromatic heterocycles. The van der Waals surface area contributed by atoms with Gasteiger partial charge in [0.15, 0.2) is 0 Å². The number of ether oxygens (including phenoxy) is 1. The number of benzene rings is 3. The summed E-state index contributed by atoms with van der Waals surface area (Å²) < 4.78 is 114. The summed E-state index contributed by atoms with van der Waals surface area (Å²) in [4.78, 5) is 14.3. The van der Waals surface area contributed by atoms with Gasteiger partial charge in [0, 0.05) is 32.2 Å². The molecule has 2 heterocycles. The molecule has 2 aliphatic heterocycles. The fraction of sp³-hybridized carbons (Fsp3) is 0.321. The number of aliphatic carboxylic acids is 1. The highest BCUT2D eigenvalue weighted by molar-refractivity contribution is 7.92. The summed E-state index contributed by atoms with van der Waals surface area (Å²) >= 11 is 0. The molecule has 0 spiro atoms. The number of nitrogens with zero attached hydrogens (tertiary/aromatic N) is 3. The van der Waals surface area contributed by atoms with Crippen LogP contribution in [0.25, 0.3) is 11.1 Å². The molecule has 0 aliphatic carbocycles. The summed E-state index contributed by atoms with van der Waals surface area (Å²) in [6.45, 7) is -1.99. The predicted octanol–water partition coefficient (Wildman–Crippen LogP) is 5.29. The molecule has 0 radical (unpaired) electrons. The zero-order valence-corrected chi connectivity index (χ0v) is 23.1. The minimum Gasteiger partial charge on any atom is -0.481 e. The van der Waals surface area contributed by atoms with E-state index in [1.54, 1.807) is 12.1 Å². The van der Waals surface area contributed by atoms with Gasteiger partial charge in [0.05, 0.1) is 40.8 Å². The van der Waals surface area contributed by atoms with E-state index >= 15 is 0 Å². The van der Waals surface area contributed by atoms with Crippen molar-refractivity contribution in [1.29, 1.82) is 0 Å². The molecule has 0 amide bonds. The molecule has 0 bridgehead atoms. The van der Waals surface area contributed by atoms with E-state index in [4.69, 9.17) is 5.11 Å². The number of sulfonamides is 1. The number of hydrogen-bond acceptors (Lipinski definition) is 6. The molecule has 5 rings (SSSR count). The molecule has 8 nitrogen and oxygen atoms in total. The van der Waals surface area contributed by atoms with Gasteiger partial charge in [-0.1, -0.05) is 12.1 Å². The zero-order valence-electron chi connectivity index (χ0n) is 22.3. The normalized spacial score (nSPS) is 17.5. The van der Waals surface area contributed by atoms with Crippen molar-refractivity contribution in [3.05, 3.63) is 72.0 Å². The number of carboxylic acid groups (broad SMARTS) is 1. The highest BCUT2D eigenvalue weighted by Crippen LogP contribution is 2.43. The first-order chi connectivity index (χ1) is 20.2. The molecular weight excluding hydrogens is 604 g/mol. The first-order valence-corrected chi connectivity index (χ1v) is 14.5. The molecule has 0 saturated carbocycles. The maximum Gasteiger partial charge on any atom is 0.416 e. The molecule has 2 aliphatic rings. The van der Waals surface area contributed by atoms with Gasteiger partial charge in [-0.05, 0) is 53.6 Å². The van der Waals surface area contributed by atoms with Crippen molar-refractivity contribution in [2.75, 3.05) is 41.9 Å². The van der Waals surface area contributed by atoms with Crippen molar-refractivity contribution in [1.82, 2.24) is 4.90 Å². The standard InChI is InChI=1S/C28H25F6N3O5S/c29-20-10-18(11-22(14-20)42-27(30)31)17-4-5-24-25(12-17)37(16-21-15-35(7-6-26(38)39)8-9-36(21)24)43(40,41)23-3-1-2-19(13-23)28(32,33)34/h1-5,10-14,21,27H,6-9,15-16H2,(H,38,39)/t21-/m1/s1. The van der Waals surface area contributed by atoms with Gasteiger partial charge in [0.1, 0.15) is 11.6 Å². The predicted molar refractivity (Wildman–Crippen MR) is 144 cm³/mol. The summed E-state index contributed by atoms with van der Waals surface area (Å²) in [6, 6.07) is 10.4. The Balaban J connectivity index is 1.60. The van der Waals surface area contributed by atoms with Crippen molar-refractivity contribution in [2.45, 2.75) is 30.1 Å². The fourth-order valence-electron chi connectivity index (χ4n) is 5.37. The van der Waals surface area contributed by atoms with Gasteiger partial charge in [-0.3, -0.25) is 14.0 Å². The van der Waals surface area contributed by atoms with Crippen molar-refractivity contribution in [3.8, 4) is 16.9 Å². The van der Waals surface area contributed by atoms with Gasteiger partial charge < -0.3 is 14.7 Å². The summed E-state index contributed by atoms with van der Waals surface area (Å²) in [5, 5.41) is 9.09. The van der Waals surface area contributed by atoms with Crippen LogP contribution in [0.15, 0.2) is 65.6 Å². The van der Waals surface area contributed by atoms with Crippen LogP contribution >= 0.6 is 0 Å². The number of hydrogen-bond donors (Lipinski definition) is 1. The largest absolute Gasteiger partial charge is 0.481 e. The Hall–Kier alpha value is -3.98. The average Bonchev–Trinajstić information content (AvgIpc) is 2.94. The number of anilines is 2. The Morgan fingerprint density at radius 2 is 1.74 bits per heavy atom. The van der Waals surface area contributed by atoms with Crippen molar-refractivity contribution in [2.24, 2.45) is 0 Å². The van der Waals surface area contributed by atoms with Gasteiger partial charge in [-0.2, -0.15) is 22.0 Å². The minimum atomic E-state index is -4.79. The van der Waals surface area contributed by atoms with E-state index in [1.807, 2.05) is 9.80 Å². The van der Waals surface area contributed by atoms with E-state index in [2.05, 4.69) is 4.74 Å². The third-order valence-electron chi connectivity index (χ3n) is 7.32. The molecule has 1 atom stereocenters. The molecule has 1 saturated heterocycles. The Kier molecular flexibility index (Phi) is 8.22. The van der Waals surface area contributed by atoms with Gasteiger partial charge in [-0.15, -0.1) is 0 Å². The second kappa shape index (κ2) is 11.6. The second-order valence-electron chi connectivity index (χ2n) is 10.1. The summed E-state index contributed by atoms with van der Waals surface area (Å²) in [5.74, 6) is -2.32. The third kappa shape index (κ3) is 6.51. The minimum absolute atomic E-state index is 0.103. The van der Waals surface area contributed by atoms with Gasteiger partial charge >= 0.3 is 18.8 Å². The number of alkyl halides is 5. The maximum atomic E-state index is 14.3.